The number of hydrogen-bond acceptors (Lipinski definition) is 5. The van der Waals surface area contributed by atoms with Gasteiger partial charge >= 0.3 is 5.97 Å². The first-order valence-electron chi connectivity index (χ1n) is 8.01. The van der Waals surface area contributed by atoms with Crippen LogP contribution in [0.1, 0.15) is 33.6 Å². The van der Waals surface area contributed by atoms with Crippen LogP contribution in [0.15, 0.2) is 11.0 Å². The topological polar surface area (TPSA) is 104 Å². The highest BCUT2D eigenvalue weighted by molar-refractivity contribution is 6.32. The van der Waals surface area contributed by atoms with Gasteiger partial charge in [-0.2, -0.15) is 5.10 Å². The van der Waals surface area contributed by atoms with Crippen molar-refractivity contribution in [3.8, 4) is 0 Å². The summed E-state index contributed by atoms with van der Waals surface area (Å²) in [6.45, 7) is 5.63. The molecule has 0 aliphatic heterocycles. The summed E-state index contributed by atoms with van der Waals surface area (Å²) in [4.78, 5) is 22.8. The quantitative estimate of drug-likeness (QED) is 0.757. The zero-order valence-corrected chi connectivity index (χ0v) is 14.7. The molecular weight excluding hydrogens is 334 g/mol. The van der Waals surface area contributed by atoms with Crippen LogP contribution in [-0.2, 0) is 11.3 Å². The van der Waals surface area contributed by atoms with Crippen molar-refractivity contribution in [3.63, 3.8) is 0 Å². The van der Waals surface area contributed by atoms with Crippen LogP contribution in [0.2, 0.25) is 5.02 Å². The van der Waals surface area contributed by atoms with Gasteiger partial charge in [0, 0.05) is 0 Å². The number of rotatable bonds is 4. The third-order valence-corrected chi connectivity index (χ3v) is 6.37. The fourth-order valence-electron chi connectivity index (χ4n) is 4.37. The Balaban J connectivity index is 1.84. The predicted octanol–water partition coefficient (Wildman–Crippen LogP) is 1.58. The van der Waals surface area contributed by atoms with Gasteiger partial charge in [0.05, 0.1) is 23.5 Å². The van der Waals surface area contributed by atoms with E-state index in [0.717, 1.165) is 17.5 Å². The van der Waals surface area contributed by atoms with Crippen LogP contribution >= 0.6 is 11.6 Å². The Morgan fingerprint density at radius 1 is 1.46 bits per heavy atom. The van der Waals surface area contributed by atoms with E-state index in [1.54, 1.807) is 0 Å². The summed E-state index contributed by atoms with van der Waals surface area (Å²) in [5.74, 6) is -0.474. The zero-order chi connectivity index (χ0) is 17.9. The van der Waals surface area contributed by atoms with Crippen LogP contribution in [0.5, 0.6) is 0 Å². The van der Waals surface area contributed by atoms with Crippen molar-refractivity contribution in [2.75, 3.05) is 5.32 Å². The van der Waals surface area contributed by atoms with Crippen molar-refractivity contribution in [1.29, 1.82) is 0 Å². The number of aromatic nitrogens is 2. The second-order valence-corrected chi connectivity index (χ2v) is 8.07. The molecule has 3 aliphatic rings. The van der Waals surface area contributed by atoms with Gasteiger partial charge in [0.25, 0.3) is 5.56 Å². The molecule has 24 heavy (non-hydrogen) atoms. The molecule has 0 radical (unpaired) electrons. The lowest BCUT2D eigenvalue weighted by molar-refractivity contribution is -0.199. The third kappa shape index (κ3) is 2.50. The maximum Gasteiger partial charge on any atom is 0.325 e. The van der Waals surface area contributed by atoms with Crippen LogP contribution in [0, 0.1) is 17.3 Å². The first-order valence-corrected chi connectivity index (χ1v) is 8.39. The van der Waals surface area contributed by atoms with Gasteiger partial charge in [-0.05, 0) is 37.0 Å². The summed E-state index contributed by atoms with van der Waals surface area (Å²) in [5.41, 5.74) is -1.15. The van der Waals surface area contributed by atoms with Gasteiger partial charge in [0.1, 0.15) is 11.6 Å². The molecule has 2 bridgehead atoms. The van der Waals surface area contributed by atoms with Gasteiger partial charge in [0.15, 0.2) is 0 Å². The number of aliphatic hydroxyl groups is 1. The average Bonchev–Trinajstić information content (AvgIpc) is 2.47. The van der Waals surface area contributed by atoms with Crippen molar-refractivity contribution >= 4 is 23.3 Å². The Morgan fingerprint density at radius 3 is 2.67 bits per heavy atom. The Kier molecular flexibility index (Phi) is 3.92. The summed E-state index contributed by atoms with van der Waals surface area (Å²) in [5, 5.41) is 26.6. The maximum absolute atomic E-state index is 12.1. The molecular formula is C16H22ClN3O4. The molecule has 3 saturated carbocycles. The minimum atomic E-state index is -1.17. The number of fused-ring (bicyclic) bond motifs is 2. The highest BCUT2D eigenvalue weighted by Gasteiger charge is 2.62. The number of carbonyl (C=O) groups is 1. The largest absolute Gasteiger partial charge is 0.480 e. The summed E-state index contributed by atoms with van der Waals surface area (Å²) >= 11 is 6.09. The summed E-state index contributed by atoms with van der Waals surface area (Å²) in [6, 6.07) is -0.233. The number of anilines is 1. The Morgan fingerprint density at radius 2 is 2.12 bits per heavy atom. The molecule has 1 heterocycles. The summed E-state index contributed by atoms with van der Waals surface area (Å²) < 4.78 is 0.801. The number of carboxylic acids is 1. The number of aliphatic carboxylic acids is 1. The van der Waals surface area contributed by atoms with Gasteiger partial charge in [-0.15, -0.1) is 0 Å². The van der Waals surface area contributed by atoms with Crippen molar-refractivity contribution in [1.82, 2.24) is 9.78 Å². The number of carboxylic acid groups (broad SMARTS) is 1. The third-order valence-electron chi connectivity index (χ3n) is 6.00. The Hall–Kier alpha value is -1.60. The minimum absolute atomic E-state index is 0.106. The molecule has 1 aromatic rings. The lowest BCUT2D eigenvalue weighted by Crippen LogP contribution is -2.68. The minimum Gasteiger partial charge on any atom is -0.480 e. The van der Waals surface area contributed by atoms with Crippen molar-refractivity contribution in [2.45, 2.75) is 51.8 Å². The van der Waals surface area contributed by atoms with Crippen LogP contribution < -0.4 is 10.9 Å². The van der Waals surface area contributed by atoms with E-state index in [-0.39, 0.29) is 22.4 Å². The first kappa shape index (κ1) is 17.2. The van der Waals surface area contributed by atoms with E-state index in [1.807, 2.05) is 6.92 Å². The van der Waals surface area contributed by atoms with Crippen LogP contribution in [0.4, 0.5) is 5.69 Å². The molecule has 8 heteroatoms. The highest BCUT2D eigenvalue weighted by atomic mass is 35.5. The number of halogens is 1. The standard InChI is InChI=1S/C16H22ClN3O4/c1-15(2)8-4-10(15)16(3,24)11(5-8)19-9-6-18-20(7-12(21)22)14(23)13(9)17/h6,8,10-11,19,24H,4-5,7H2,1-3H3,(H,21,22)/t8-,10+,11+,16+/m0/s1. The van der Waals surface area contributed by atoms with E-state index >= 15 is 0 Å². The normalized spacial score (nSPS) is 33.6. The van der Waals surface area contributed by atoms with E-state index in [2.05, 4.69) is 24.3 Å². The lowest BCUT2D eigenvalue weighted by atomic mass is 9.43. The molecule has 3 aliphatic carbocycles. The molecule has 4 rings (SSSR count). The van der Waals surface area contributed by atoms with Crippen molar-refractivity contribution in [2.24, 2.45) is 17.3 Å². The fraction of sp³-hybridized carbons (Fsp3) is 0.688. The van der Waals surface area contributed by atoms with Crippen LogP contribution in [0.3, 0.4) is 0 Å². The van der Waals surface area contributed by atoms with Crippen molar-refractivity contribution < 1.29 is 15.0 Å². The van der Waals surface area contributed by atoms with Crippen LogP contribution in [0.25, 0.3) is 0 Å². The molecule has 0 saturated heterocycles. The first-order chi connectivity index (χ1) is 11.0. The van der Waals surface area contributed by atoms with E-state index in [9.17, 15) is 14.7 Å². The number of hydrogen-bond donors (Lipinski definition) is 3. The zero-order valence-electron chi connectivity index (χ0n) is 13.9. The highest BCUT2D eigenvalue weighted by Crippen LogP contribution is 2.62. The molecule has 0 amide bonds. The maximum atomic E-state index is 12.1. The second-order valence-electron chi connectivity index (χ2n) is 7.69. The molecule has 4 atom stereocenters. The van der Waals surface area contributed by atoms with E-state index in [1.165, 1.54) is 6.20 Å². The number of nitrogens with zero attached hydrogens (tertiary/aromatic N) is 2. The monoisotopic (exact) mass is 355 g/mol. The fourth-order valence-corrected chi connectivity index (χ4v) is 4.57. The van der Waals surface area contributed by atoms with Gasteiger partial charge in [-0.1, -0.05) is 25.4 Å². The molecule has 0 spiro atoms. The SMILES string of the molecule is CC1(C)[C@H]2C[C@H]1[C@@](C)(O)[C@H](Nc1cnn(CC(=O)O)c(=O)c1Cl)C2. The van der Waals surface area contributed by atoms with E-state index in [0.29, 0.717) is 11.6 Å². The summed E-state index contributed by atoms with van der Waals surface area (Å²) in [6.07, 6.45) is 3.13. The van der Waals surface area contributed by atoms with E-state index < -0.39 is 23.7 Å². The molecule has 3 fully saturated rings. The van der Waals surface area contributed by atoms with Crippen molar-refractivity contribution in [3.05, 3.63) is 21.6 Å². The van der Waals surface area contributed by atoms with Gasteiger partial charge in [-0.25, -0.2) is 4.68 Å². The number of nitrogens with one attached hydrogen (secondary N) is 1. The smallest absolute Gasteiger partial charge is 0.325 e. The molecule has 3 N–H and O–H groups in total. The van der Waals surface area contributed by atoms with Gasteiger partial charge in [0.2, 0.25) is 0 Å². The Labute approximate surface area is 144 Å². The average molecular weight is 356 g/mol. The van der Waals surface area contributed by atoms with E-state index in [4.69, 9.17) is 16.7 Å². The second kappa shape index (κ2) is 5.46. The van der Waals surface area contributed by atoms with Gasteiger partial charge in [-0.3, -0.25) is 9.59 Å². The molecule has 0 unspecified atom stereocenters. The van der Waals surface area contributed by atoms with Crippen LogP contribution in [-0.4, -0.2) is 37.6 Å². The Bertz CT molecular complexity index is 743. The predicted molar refractivity (Wildman–Crippen MR) is 89.2 cm³/mol. The molecule has 0 aromatic carbocycles. The molecule has 1 aromatic heterocycles. The lowest BCUT2D eigenvalue weighted by Gasteiger charge is -2.65. The molecule has 7 nitrogen and oxygen atoms in total. The molecule has 132 valence electrons. The summed E-state index contributed by atoms with van der Waals surface area (Å²) in [7, 11) is 0. The van der Waals surface area contributed by atoms with Gasteiger partial charge < -0.3 is 15.5 Å².